The van der Waals surface area contributed by atoms with Gasteiger partial charge in [0.05, 0.1) is 17.9 Å². The Bertz CT molecular complexity index is 352. The minimum absolute atomic E-state index is 0.766. The maximum absolute atomic E-state index is 5.55. The first-order chi connectivity index (χ1) is 5.86. The molecule has 2 N–H and O–H groups in total. The van der Waals surface area contributed by atoms with E-state index < -0.39 is 0 Å². The highest BCUT2D eigenvalue weighted by atomic mass is 32.1. The Morgan fingerprint density at radius 2 is 1.92 bits per heavy atom. The van der Waals surface area contributed by atoms with E-state index in [1.54, 1.807) is 6.20 Å². The standard InChI is InChI=1S/C8H7N3S/c9-7-3-1-6(2-4-7)8-5-10-12-11-8/h1-5H,9H2. The first-order valence-corrected chi connectivity index (χ1v) is 4.23. The van der Waals surface area contributed by atoms with Gasteiger partial charge in [0.25, 0.3) is 0 Å². The SMILES string of the molecule is Nc1ccc(-c2cnsn2)cc1. The summed E-state index contributed by atoms with van der Waals surface area (Å²) in [5.41, 5.74) is 8.27. The van der Waals surface area contributed by atoms with Gasteiger partial charge in [-0.2, -0.15) is 8.75 Å². The van der Waals surface area contributed by atoms with E-state index in [0.29, 0.717) is 0 Å². The highest BCUT2D eigenvalue weighted by Crippen LogP contribution is 2.17. The molecule has 0 unspecified atom stereocenters. The van der Waals surface area contributed by atoms with Crippen molar-refractivity contribution in [2.45, 2.75) is 0 Å². The molecule has 12 heavy (non-hydrogen) atoms. The summed E-state index contributed by atoms with van der Waals surface area (Å²) in [5, 5.41) is 0. The van der Waals surface area contributed by atoms with Gasteiger partial charge >= 0.3 is 0 Å². The van der Waals surface area contributed by atoms with E-state index in [1.807, 2.05) is 24.3 Å². The average Bonchev–Trinajstić information content (AvgIpc) is 2.58. The summed E-state index contributed by atoms with van der Waals surface area (Å²) >= 11 is 1.21. The van der Waals surface area contributed by atoms with Crippen molar-refractivity contribution in [3.8, 4) is 11.3 Å². The fourth-order valence-electron chi connectivity index (χ4n) is 0.946. The largest absolute Gasteiger partial charge is 0.399 e. The van der Waals surface area contributed by atoms with Gasteiger partial charge < -0.3 is 5.73 Å². The smallest absolute Gasteiger partial charge is 0.104 e. The summed E-state index contributed by atoms with van der Waals surface area (Å²) in [6.45, 7) is 0. The van der Waals surface area contributed by atoms with Gasteiger partial charge in [-0.3, -0.25) is 0 Å². The van der Waals surface area contributed by atoms with Crippen molar-refractivity contribution in [2.24, 2.45) is 0 Å². The van der Waals surface area contributed by atoms with Crippen molar-refractivity contribution >= 4 is 17.4 Å². The predicted octanol–water partition coefficient (Wildman–Crippen LogP) is 1.79. The molecular formula is C8H7N3S. The molecule has 1 aromatic heterocycles. The second kappa shape index (κ2) is 2.91. The topological polar surface area (TPSA) is 51.8 Å². The zero-order valence-electron chi connectivity index (χ0n) is 6.27. The van der Waals surface area contributed by atoms with Crippen LogP contribution in [-0.2, 0) is 0 Å². The number of aromatic nitrogens is 2. The molecule has 0 amide bonds. The number of hydrogen-bond acceptors (Lipinski definition) is 4. The highest BCUT2D eigenvalue weighted by Gasteiger charge is 1.98. The van der Waals surface area contributed by atoms with E-state index in [0.717, 1.165) is 16.9 Å². The molecule has 2 rings (SSSR count). The van der Waals surface area contributed by atoms with Gasteiger partial charge in [-0.05, 0) is 12.1 Å². The molecule has 0 saturated carbocycles. The van der Waals surface area contributed by atoms with Crippen LogP contribution in [0, 0.1) is 0 Å². The molecule has 0 radical (unpaired) electrons. The van der Waals surface area contributed by atoms with Crippen LogP contribution in [0.5, 0.6) is 0 Å². The number of benzene rings is 1. The lowest BCUT2D eigenvalue weighted by Gasteiger charge is -1.95. The average molecular weight is 177 g/mol. The Balaban J connectivity index is 2.43. The van der Waals surface area contributed by atoms with Gasteiger partial charge in [-0.1, -0.05) is 12.1 Å². The van der Waals surface area contributed by atoms with Gasteiger partial charge in [0.15, 0.2) is 0 Å². The van der Waals surface area contributed by atoms with E-state index in [4.69, 9.17) is 5.73 Å². The van der Waals surface area contributed by atoms with Gasteiger partial charge in [0.2, 0.25) is 0 Å². The summed E-state index contributed by atoms with van der Waals surface area (Å²) < 4.78 is 8.03. The Hall–Kier alpha value is -1.42. The fourth-order valence-corrected chi connectivity index (χ4v) is 1.38. The van der Waals surface area contributed by atoms with Crippen LogP contribution in [0.2, 0.25) is 0 Å². The molecule has 1 heterocycles. The molecular weight excluding hydrogens is 170 g/mol. The number of nitrogen functional groups attached to an aromatic ring is 1. The number of anilines is 1. The van der Waals surface area contributed by atoms with Crippen molar-refractivity contribution in [1.29, 1.82) is 0 Å². The van der Waals surface area contributed by atoms with E-state index in [9.17, 15) is 0 Å². The lowest BCUT2D eigenvalue weighted by molar-refractivity contribution is 1.49. The van der Waals surface area contributed by atoms with Crippen molar-refractivity contribution in [1.82, 2.24) is 8.75 Å². The van der Waals surface area contributed by atoms with Crippen molar-refractivity contribution < 1.29 is 0 Å². The molecule has 2 aromatic rings. The first kappa shape index (κ1) is 7.24. The van der Waals surface area contributed by atoms with Crippen molar-refractivity contribution in [2.75, 3.05) is 5.73 Å². The van der Waals surface area contributed by atoms with E-state index in [2.05, 4.69) is 8.75 Å². The number of hydrogen-bond donors (Lipinski definition) is 1. The number of nitrogens with two attached hydrogens (primary N) is 1. The Morgan fingerprint density at radius 3 is 2.50 bits per heavy atom. The van der Waals surface area contributed by atoms with Crippen molar-refractivity contribution in [3.05, 3.63) is 30.5 Å². The Morgan fingerprint density at radius 1 is 1.17 bits per heavy atom. The summed E-state index contributed by atoms with van der Waals surface area (Å²) in [7, 11) is 0. The van der Waals surface area contributed by atoms with Crippen LogP contribution in [-0.4, -0.2) is 8.75 Å². The molecule has 0 aliphatic heterocycles. The Labute approximate surface area is 74.2 Å². The maximum Gasteiger partial charge on any atom is 0.104 e. The lowest BCUT2D eigenvalue weighted by Crippen LogP contribution is -1.83. The lowest BCUT2D eigenvalue weighted by atomic mass is 10.1. The number of nitrogens with zero attached hydrogens (tertiary/aromatic N) is 2. The molecule has 0 fully saturated rings. The van der Waals surface area contributed by atoms with E-state index in [1.165, 1.54) is 11.7 Å². The summed E-state index contributed by atoms with van der Waals surface area (Å²) in [6.07, 6.45) is 1.75. The van der Waals surface area contributed by atoms with Crippen LogP contribution in [0.1, 0.15) is 0 Å². The molecule has 0 bridgehead atoms. The number of rotatable bonds is 1. The molecule has 0 aliphatic rings. The third-order valence-corrected chi connectivity index (χ3v) is 2.05. The third kappa shape index (κ3) is 1.29. The minimum atomic E-state index is 0.766. The van der Waals surface area contributed by atoms with Gasteiger partial charge in [-0.15, -0.1) is 0 Å². The summed E-state index contributed by atoms with van der Waals surface area (Å²) in [5.74, 6) is 0. The molecule has 3 nitrogen and oxygen atoms in total. The van der Waals surface area contributed by atoms with Crippen molar-refractivity contribution in [3.63, 3.8) is 0 Å². The first-order valence-electron chi connectivity index (χ1n) is 3.50. The molecule has 0 saturated heterocycles. The second-order valence-electron chi connectivity index (χ2n) is 2.41. The van der Waals surface area contributed by atoms with Gasteiger partial charge in [-0.25, -0.2) is 0 Å². The molecule has 0 atom stereocenters. The second-order valence-corrected chi connectivity index (χ2v) is 2.97. The molecule has 0 aliphatic carbocycles. The molecule has 1 aromatic carbocycles. The zero-order chi connectivity index (χ0) is 8.39. The van der Waals surface area contributed by atoms with Crippen LogP contribution in [0.15, 0.2) is 30.5 Å². The Kier molecular flexibility index (Phi) is 1.75. The van der Waals surface area contributed by atoms with Gasteiger partial charge in [0, 0.05) is 11.3 Å². The van der Waals surface area contributed by atoms with E-state index >= 15 is 0 Å². The highest BCUT2D eigenvalue weighted by molar-refractivity contribution is 6.99. The van der Waals surface area contributed by atoms with Gasteiger partial charge in [0.1, 0.15) is 5.69 Å². The van der Waals surface area contributed by atoms with Crippen LogP contribution in [0.25, 0.3) is 11.3 Å². The maximum atomic E-state index is 5.55. The van der Waals surface area contributed by atoms with Crippen LogP contribution >= 0.6 is 11.7 Å². The normalized spacial score (nSPS) is 10.0. The van der Waals surface area contributed by atoms with Crippen LogP contribution < -0.4 is 5.73 Å². The molecule has 4 heteroatoms. The zero-order valence-corrected chi connectivity index (χ0v) is 7.08. The minimum Gasteiger partial charge on any atom is -0.399 e. The third-order valence-electron chi connectivity index (χ3n) is 1.57. The van der Waals surface area contributed by atoms with E-state index in [-0.39, 0.29) is 0 Å². The van der Waals surface area contributed by atoms with Crippen LogP contribution in [0.4, 0.5) is 5.69 Å². The monoisotopic (exact) mass is 177 g/mol. The fraction of sp³-hybridized carbons (Fsp3) is 0. The molecule has 60 valence electrons. The predicted molar refractivity (Wildman–Crippen MR) is 49.8 cm³/mol. The quantitative estimate of drug-likeness (QED) is 0.675. The summed E-state index contributed by atoms with van der Waals surface area (Å²) in [6, 6.07) is 7.58. The summed E-state index contributed by atoms with van der Waals surface area (Å²) in [4.78, 5) is 0. The van der Waals surface area contributed by atoms with Crippen LogP contribution in [0.3, 0.4) is 0 Å². The molecule has 0 spiro atoms.